The number of carboxylic acids is 1. The smallest absolute Gasteiger partial charge is 0.339 e. The van der Waals surface area contributed by atoms with Gasteiger partial charge >= 0.3 is 5.97 Å². The Kier molecular flexibility index (Phi) is 4.45. The SMILES string of the molecule is CC(=O)Nc1ccccc1Oc1c(Cl)cccc1C(=O)O. The maximum atomic E-state index is 11.2. The molecule has 0 atom stereocenters. The van der Waals surface area contributed by atoms with Crippen molar-refractivity contribution in [2.45, 2.75) is 6.92 Å². The van der Waals surface area contributed by atoms with Gasteiger partial charge in [-0.2, -0.15) is 0 Å². The Morgan fingerprint density at radius 3 is 2.52 bits per heavy atom. The molecule has 0 aromatic heterocycles. The van der Waals surface area contributed by atoms with Gasteiger partial charge in [-0.05, 0) is 24.3 Å². The highest BCUT2D eigenvalue weighted by Gasteiger charge is 2.16. The molecule has 0 aliphatic rings. The molecule has 0 unspecified atom stereocenters. The van der Waals surface area contributed by atoms with Crippen molar-refractivity contribution in [3.8, 4) is 11.5 Å². The summed E-state index contributed by atoms with van der Waals surface area (Å²) >= 11 is 6.01. The molecule has 21 heavy (non-hydrogen) atoms. The van der Waals surface area contributed by atoms with Crippen LogP contribution >= 0.6 is 11.6 Å². The first-order valence-electron chi connectivity index (χ1n) is 6.05. The van der Waals surface area contributed by atoms with E-state index in [1.54, 1.807) is 24.3 Å². The van der Waals surface area contributed by atoms with E-state index in [9.17, 15) is 14.7 Å². The van der Waals surface area contributed by atoms with E-state index >= 15 is 0 Å². The average molecular weight is 306 g/mol. The van der Waals surface area contributed by atoms with Gasteiger partial charge in [0.05, 0.1) is 10.7 Å². The van der Waals surface area contributed by atoms with Crippen LogP contribution in [0.15, 0.2) is 42.5 Å². The molecule has 2 N–H and O–H groups in total. The van der Waals surface area contributed by atoms with Gasteiger partial charge in [-0.1, -0.05) is 29.8 Å². The third-order valence-corrected chi connectivity index (χ3v) is 2.90. The van der Waals surface area contributed by atoms with Gasteiger partial charge in [-0.3, -0.25) is 4.79 Å². The van der Waals surface area contributed by atoms with Crippen molar-refractivity contribution in [1.82, 2.24) is 0 Å². The van der Waals surface area contributed by atoms with E-state index in [2.05, 4.69) is 5.32 Å². The van der Waals surface area contributed by atoms with E-state index in [0.29, 0.717) is 11.4 Å². The van der Waals surface area contributed by atoms with Crippen molar-refractivity contribution in [3.63, 3.8) is 0 Å². The van der Waals surface area contributed by atoms with Crippen LogP contribution < -0.4 is 10.1 Å². The molecule has 0 saturated heterocycles. The van der Waals surface area contributed by atoms with E-state index in [1.165, 1.54) is 25.1 Å². The van der Waals surface area contributed by atoms with Crippen LogP contribution in [0.25, 0.3) is 0 Å². The summed E-state index contributed by atoms with van der Waals surface area (Å²) in [7, 11) is 0. The predicted octanol–water partition coefficient (Wildman–Crippen LogP) is 3.79. The molecule has 5 nitrogen and oxygen atoms in total. The van der Waals surface area contributed by atoms with E-state index in [-0.39, 0.29) is 22.2 Å². The van der Waals surface area contributed by atoms with Gasteiger partial charge in [0.15, 0.2) is 11.5 Å². The fourth-order valence-corrected chi connectivity index (χ4v) is 1.95. The van der Waals surface area contributed by atoms with Crippen molar-refractivity contribution < 1.29 is 19.4 Å². The molecule has 0 aliphatic carbocycles. The Bertz CT molecular complexity index is 700. The number of aromatic carboxylic acids is 1. The minimum atomic E-state index is -1.15. The molecule has 2 aromatic carbocycles. The van der Waals surface area contributed by atoms with E-state index < -0.39 is 5.97 Å². The first kappa shape index (κ1) is 14.9. The largest absolute Gasteiger partial charge is 0.478 e. The maximum Gasteiger partial charge on any atom is 0.339 e. The number of benzene rings is 2. The number of carboxylic acid groups (broad SMARTS) is 1. The van der Waals surface area contributed by atoms with E-state index in [1.807, 2.05) is 0 Å². The molecular formula is C15H12ClNO4. The highest BCUT2D eigenvalue weighted by Crippen LogP contribution is 2.36. The molecule has 2 rings (SSSR count). The Hall–Kier alpha value is -2.53. The molecule has 2 aromatic rings. The number of anilines is 1. The molecule has 0 radical (unpaired) electrons. The molecule has 0 heterocycles. The molecule has 6 heteroatoms. The summed E-state index contributed by atoms with van der Waals surface area (Å²) in [6.07, 6.45) is 0. The second-order valence-corrected chi connectivity index (χ2v) is 4.61. The number of hydrogen-bond donors (Lipinski definition) is 2. The molecule has 0 bridgehead atoms. The van der Waals surface area contributed by atoms with E-state index in [0.717, 1.165) is 0 Å². The summed E-state index contributed by atoms with van der Waals surface area (Å²) in [6, 6.07) is 11.1. The fourth-order valence-electron chi connectivity index (χ4n) is 1.74. The molecule has 108 valence electrons. The Balaban J connectivity index is 2.44. The van der Waals surface area contributed by atoms with Crippen LogP contribution in [0.4, 0.5) is 5.69 Å². The summed E-state index contributed by atoms with van der Waals surface area (Å²) in [5, 5.41) is 12.0. The fraction of sp³-hybridized carbons (Fsp3) is 0.0667. The Labute approximate surface area is 126 Å². The van der Waals surface area contributed by atoms with Crippen molar-refractivity contribution >= 4 is 29.2 Å². The monoisotopic (exact) mass is 305 g/mol. The van der Waals surface area contributed by atoms with E-state index in [4.69, 9.17) is 16.3 Å². The van der Waals surface area contributed by atoms with Crippen LogP contribution in [0.1, 0.15) is 17.3 Å². The first-order valence-corrected chi connectivity index (χ1v) is 6.43. The number of carbonyl (C=O) groups excluding carboxylic acids is 1. The number of hydrogen-bond acceptors (Lipinski definition) is 3. The number of ether oxygens (including phenoxy) is 1. The third kappa shape index (κ3) is 3.52. The number of halogens is 1. The van der Waals surface area contributed by atoms with Crippen LogP contribution in [0.5, 0.6) is 11.5 Å². The van der Waals surface area contributed by atoms with Gasteiger partial charge in [0, 0.05) is 6.92 Å². The second kappa shape index (κ2) is 6.28. The van der Waals surface area contributed by atoms with Crippen LogP contribution in [0, 0.1) is 0 Å². The lowest BCUT2D eigenvalue weighted by atomic mass is 10.2. The van der Waals surface area contributed by atoms with Gasteiger partial charge in [-0.25, -0.2) is 4.79 Å². The molecule has 0 spiro atoms. The number of rotatable bonds is 4. The standard InChI is InChI=1S/C15H12ClNO4/c1-9(18)17-12-7-2-3-8-13(12)21-14-10(15(19)20)5-4-6-11(14)16/h2-8H,1H3,(H,17,18)(H,19,20). The summed E-state index contributed by atoms with van der Waals surface area (Å²) < 4.78 is 5.61. The third-order valence-electron chi connectivity index (χ3n) is 2.61. The van der Waals surface area contributed by atoms with Gasteiger partial charge in [-0.15, -0.1) is 0 Å². The summed E-state index contributed by atoms with van der Waals surface area (Å²) in [6.45, 7) is 1.37. The minimum absolute atomic E-state index is 0.0319. The topological polar surface area (TPSA) is 75.6 Å². The van der Waals surface area contributed by atoms with Gasteiger partial charge in [0.25, 0.3) is 0 Å². The van der Waals surface area contributed by atoms with Gasteiger partial charge in [0.2, 0.25) is 5.91 Å². The zero-order chi connectivity index (χ0) is 15.4. The lowest BCUT2D eigenvalue weighted by Crippen LogP contribution is -2.07. The summed E-state index contributed by atoms with van der Waals surface area (Å²) in [5.41, 5.74) is 0.376. The van der Waals surface area contributed by atoms with Crippen molar-refractivity contribution in [3.05, 3.63) is 53.1 Å². The molecular weight excluding hydrogens is 294 g/mol. The first-order chi connectivity index (χ1) is 9.99. The normalized spacial score (nSPS) is 10.0. The molecule has 1 amide bonds. The highest BCUT2D eigenvalue weighted by atomic mass is 35.5. The minimum Gasteiger partial charge on any atom is -0.478 e. The Morgan fingerprint density at radius 2 is 1.86 bits per heavy atom. The lowest BCUT2D eigenvalue weighted by molar-refractivity contribution is -0.114. The zero-order valence-electron chi connectivity index (χ0n) is 11.1. The maximum absolute atomic E-state index is 11.2. The Morgan fingerprint density at radius 1 is 1.14 bits per heavy atom. The highest BCUT2D eigenvalue weighted by molar-refractivity contribution is 6.32. The quantitative estimate of drug-likeness (QED) is 0.901. The number of amides is 1. The van der Waals surface area contributed by atoms with Gasteiger partial charge < -0.3 is 15.2 Å². The molecule has 0 aliphatic heterocycles. The average Bonchev–Trinajstić information content (AvgIpc) is 2.42. The summed E-state index contributed by atoms with van der Waals surface area (Å²) in [5.74, 6) is -1.07. The zero-order valence-corrected chi connectivity index (χ0v) is 11.8. The van der Waals surface area contributed by atoms with Crippen LogP contribution in [0.3, 0.4) is 0 Å². The van der Waals surface area contributed by atoms with Crippen molar-refractivity contribution in [1.29, 1.82) is 0 Å². The van der Waals surface area contributed by atoms with Crippen LogP contribution in [-0.2, 0) is 4.79 Å². The number of para-hydroxylation sites is 3. The lowest BCUT2D eigenvalue weighted by Gasteiger charge is -2.14. The number of carbonyl (C=O) groups is 2. The predicted molar refractivity (Wildman–Crippen MR) is 79.2 cm³/mol. The van der Waals surface area contributed by atoms with Crippen molar-refractivity contribution in [2.75, 3.05) is 5.32 Å². The molecule has 0 fully saturated rings. The van der Waals surface area contributed by atoms with Crippen LogP contribution in [0.2, 0.25) is 5.02 Å². The molecule has 0 saturated carbocycles. The number of nitrogens with one attached hydrogen (secondary N) is 1. The van der Waals surface area contributed by atoms with Crippen molar-refractivity contribution in [2.24, 2.45) is 0 Å². The van der Waals surface area contributed by atoms with Gasteiger partial charge in [0.1, 0.15) is 5.56 Å². The summed E-state index contributed by atoms with van der Waals surface area (Å²) in [4.78, 5) is 22.4. The second-order valence-electron chi connectivity index (χ2n) is 4.20. The van der Waals surface area contributed by atoms with Crippen LogP contribution in [-0.4, -0.2) is 17.0 Å².